The van der Waals surface area contributed by atoms with Gasteiger partial charge in [-0.3, -0.25) is 0 Å². The van der Waals surface area contributed by atoms with E-state index in [-0.39, 0.29) is 17.7 Å². The molecule has 0 amide bonds. The van der Waals surface area contributed by atoms with Crippen molar-refractivity contribution >= 4 is 5.84 Å². The van der Waals surface area contributed by atoms with Crippen LogP contribution in [0.1, 0.15) is 38.6 Å². The van der Waals surface area contributed by atoms with Gasteiger partial charge in [0.25, 0.3) is 0 Å². The van der Waals surface area contributed by atoms with Crippen molar-refractivity contribution in [1.29, 1.82) is 0 Å². The van der Waals surface area contributed by atoms with Gasteiger partial charge in [-0.2, -0.15) is 0 Å². The molecule has 14 heavy (non-hydrogen) atoms. The minimum absolute atomic E-state index is 0.0625. The molecule has 1 unspecified atom stereocenters. The third kappa shape index (κ3) is 2.21. The third-order valence-corrected chi connectivity index (χ3v) is 2.00. The molecule has 3 N–H and O–H groups in total. The lowest BCUT2D eigenvalue weighted by molar-refractivity contribution is 0.318. The van der Waals surface area contributed by atoms with E-state index in [2.05, 4.69) is 22.2 Å². The molecular formula is C8H15N5O. The molecule has 1 aromatic rings. The second-order valence-electron chi connectivity index (χ2n) is 3.17. The zero-order chi connectivity index (χ0) is 10.6. The van der Waals surface area contributed by atoms with Gasteiger partial charge >= 0.3 is 0 Å². The number of amidine groups is 1. The fourth-order valence-electron chi connectivity index (χ4n) is 1.20. The topological polar surface area (TPSA) is 89.3 Å². The van der Waals surface area contributed by atoms with E-state index in [0.717, 1.165) is 12.8 Å². The van der Waals surface area contributed by atoms with Crippen molar-refractivity contribution in [2.24, 2.45) is 10.9 Å². The van der Waals surface area contributed by atoms with Gasteiger partial charge in [0.2, 0.25) is 11.7 Å². The number of aromatic nitrogens is 3. The zero-order valence-corrected chi connectivity index (χ0v) is 8.38. The highest BCUT2D eigenvalue weighted by Gasteiger charge is 2.09. The Kier molecular flexibility index (Phi) is 3.44. The quantitative estimate of drug-likeness (QED) is 0.322. The molecular weight excluding hydrogens is 182 g/mol. The van der Waals surface area contributed by atoms with Gasteiger partial charge < -0.3 is 10.9 Å². The SMILES string of the molecule is CCCC(C)n1cnc(C(N)=NO)n1. The number of hydrogen-bond acceptors (Lipinski definition) is 4. The van der Waals surface area contributed by atoms with Gasteiger partial charge in [-0.1, -0.05) is 18.5 Å². The highest BCUT2D eigenvalue weighted by molar-refractivity contribution is 5.93. The van der Waals surface area contributed by atoms with E-state index in [1.54, 1.807) is 11.0 Å². The second-order valence-corrected chi connectivity index (χ2v) is 3.17. The Morgan fingerprint density at radius 1 is 1.79 bits per heavy atom. The minimum atomic E-state index is -0.0625. The van der Waals surface area contributed by atoms with Crippen LogP contribution in [-0.2, 0) is 0 Å². The molecule has 0 bridgehead atoms. The van der Waals surface area contributed by atoms with Crippen LogP contribution < -0.4 is 5.73 Å². The molecule has 0 aliphatic heterocycles. The fraction of sp³-hybridized carbons (Fsp3) is 0.625. The van der Waals surface area contributed by atoms with Crippen LogP contribution in [0.2, 0.25) is 0 Å². The van der Waals surface area contributed by atoms with Gasteiger partial charge in [-0.25, -0.2) is 9.67 Å². The average Bonchev–Trinajstić information content (AvgIpc) is 2.66. The lowest BCUT2D eigenvalue weighted by Gasteiger charge is -2.08. The van der Waals surface area contributed by atoms with Crippen molar-refractivity contribution in [2.45, 2.75) is 32.7 Å². The van der Waals surface area contributed by atoms with Crippen LogP contribution in [0.5, 0.6) is 0 Å². The van der Waals surface area contributed by atoms with Gasteiger partial charge in [-0.05, 0) is 13.3 Å². The summed E-state index contributed by atoms with van der Waals surface area (Å²) in [5.74, 6) is 0.197. The summed E-state index contributed by atoms with van der Waals surface area (Å²) in [4.78, 5) is 3.93. The van der Waals surface area contributed by atoms with Gasteiger partial charge in [-0.15, -0.1) is 5.10 Å². The van der Waals surface area contributed by atoms with Crippen molar-refractivity contribution in [3.8, 4) is 0 Å². The van der Waals surface area contributed by atoms with Crippen LogP contribution in [-0.4, -0.2) is 25.8 Å². The zero-order valence-electron chi connectivity index (χ0n) is 8.38. The maximum atomic E-state index is 8.41. The fourth-order valence-corrected chi connectivity index (χ4v) is 1.20. The smallest absolute Gasteiger partial charge is 0.219 e. The summed E-state index contributed by atoms with van der Waals surface area (Å²) in [6, 6.07) is 0.285. The summed E-state index contributed by atoms with van der Waals surface area (Å²) in [6.45, 7) is 4.16. The first-order chi connectivity index (χ1) is 6.69. The largest absolute Gasteiger partial charge is 0.409 e. The third-order valence-electron chi connectivity index (χ3n) is 2.00. The molecule has 0 aromatic carbocycles. The van der Waals surface area contributed by atoms with Crippen LogP contribution in [0.4, 0.5) is 0 Å². The molecule has 0 saturated carbocycles. The maximum absolute atomic E-state index is 8.41. The number of nitrogens with two attached hydrogens (primary N) is 1. The van der Waals surface area contributed by atoms with E-state index in [4.69, 9.17) is 10.9 Å². The van der Waals surface area contributed by atoms with Gasteiger partial charge in [0.05, 0.1) is 6.04 Å². The van der Waals surface area contributed by atoms with Crippen LogP contribution in [0.15, 0.2) is 11.5 Å². The van der Waals surface area contributed by atoms with E-state index in [1.165, 1.54) is 0 Å². The van der Waals surface area contributed by atoms with Crippen LogP contribution in [0.25, 0.3) is 0 Å². The molecule has 1 heterocycles. The number of rotatable bonds is 4. The first-order valence-electron chi connectivity index (χ1n) is 4.58. The lowest BCUT2D eigenvalue weighted by atomic mass is 10.2. The predicted molar refractivity (Wildman–Crippen MR) is 52.2 cm³/mol. The van der Waals surface area contributed by atoms with Crippen molar-refractivity contribution in [3.05, 3.63) is 12.2 Å². The molecule has 78 valence electrons. The normalized spacial score (nSPS) is 14.3. The molecule has 0 aliphatic carbocycles. The summed E-state index contributed by atoms with van der Waals surface area (Å²) in [7, 11) is 0. The molecule has 0 aliphatic rings. The van der Waals surface area contributed by atoms with Gasteiger partial charge in [0.1, 0.15) is 6.33 Å². The Bertz CT molecular complexity index is 319. The van der Waals surface area contributed by atoms with E-state index in [0.29, 0.717) is 0 Å². The Labute approximate surface area is 82.4 Å². The predicted octanol–water partition coefficient (Wildman–Crippen LogP) is 0.734. The Balaban J connectivity index is 2.77. The summed E-state index contributed by atoms with van der Waals surface area (Å²) < 4.78 is 1.72. The Morgan fingerprint density at radius 3 is 3.07 bits per heavy atom. The molecule has 6 heteroatoms. The van der Waals surface area contributed by atoms with E-state index in [1.807, 2.05) is 6.92 Å². The monoisotopic (exact) mass is 197 g/mol. The van der Waals surface area contributed by atoms with Gasteiger partial charge in [0.15, 0.2) is 0 Å². The van der Waals surface area contributed by atoms with E-state index in [9.17, 15) is 0 Å². The van der Waals surface area contributed by atoms with E-state index >= 15 is 0 Å². The summed E-state index contributed by atoms with van der Waals surface area (Å²) in [5, 5.41) is 15.3. The number of hydrogen-bond donors (Lipinski definition) is 2. The number of nitrogens with zero attached hydrogens (tertiary/aromatic N) is 4. The molecule has 1 atom stereocenters. The second kappa shape index (κ2) is 4.59. The maximum Gasteiger partial charge on any atom is 0.219 e. The molecule has 6 nitrogen and oxygen atoms in total. The van der Waals surface area contributed by atoms with Gasteiger partial charge in [0, 0.05) is 0 Å². The molecule has 1 rings (SSSR count). The summed E-state index contributed by atoms with van der Waals surface area (Å²) in [6.07, 6.45) is 3.70. The summed E-state index contributed by atoms with van der Waals surface area (Å²) in [5.41, 5.74) is 5.34. The molecule has 1 aromatic heterocycles. The van der Waals surface area contributed by atoms with Crippen molar-refractivity contribution < 1.29 is 5.21 Å². The van der Waals surface area contributed by atoms with Crippen LogP contribution in [0, 0.1) is 0 Å². The highest BCUT2D eigenvalue weighted by Crippen LogP contribution is 2.10. The van der Waals surface area contributed by atoms with Crippen LogP contribution in [0.3, 0.4) is 0 Å². The minimum Gasteiger partial charge on any atom is -0.409 e. The highest BCUT2D eigenvalue weighted by atomic mass is 16.4. The first-order valence-corrected chi connectivity index (χ1v) is 4.58. The average molecular weight is 197 g/mol. The number of oxime groups is 1. The van der Waals surface area contributed by atoms with E-state index < -0.39 is 0 Å². The van der Waals surface area contributed by atoms with Crippen molar-refractivity contribution in [1.82, 2.24) is 14.8 Å². The Hall–Kier alpha value is -1.59. The first kappa shape index (κ1) is 10.5. The lowest BCUT2D eigenvalue weighted by Crippen LogP contribution is -2.16. The Morgan fingerprint density at radius 2 is 2.50 bits per heavy atom. The standard InChI is InChI=1S/C8H15N5O/c1-3-4-6(2)13-5-10-8(11-13)7(9)12-14/h5-6,14H,3-4H2,1-2H3,(H2,9,12). The molecule has 0 spiro atoms. The van der Waals surface area contributed by atoms with Crippen molar-refractivity contribution in [2.75, 3.05) is 0 Å². The molecule has 0 fully saturated rings. The van der Waals surface area contributed by atoms with Crippen LogP contribution >= 0.6 is 0 Å². The summed E-state index contributed by atoms with van der Waals surface area (Å²) >= 11 is 0. The molecule has 0 saturated heterocycles. The molecule has 0 radical (unpaired) electrons. The van der Waals surface area contributed by atoms with Crippen molar-refractivity contribution in [3.63, 3.8) is 0 Å².